The van der Waals surface area contributed by atoms with Crippen molar-refractivity contribution in [3.8, 4) is 5.75 Å². The molecule has 0 bridgehead atoms. The average Bonchev–Trinajstić information content (AvgIpc) is 3.29. The van der Waals surface area contributed by atoms with Gasteiger partial charge in [-0.15, -0.1) is 0 Å². The van der Waals surface area contributed by atoms with Crippen LogP contribution in [0.1, 0.15) is 43.8 Å². The molecule has 1 aromatic heterocycles. The summed E-state index contributed by atoms with van der Waals surface area (Å²) >= 11 is 0. The highest BCUT2D eigenvalue weighted by atomic mass is 31.2. The molecule has 1 atom stereocenters. The number of carbonyl (C=O) groups is 1. The van der Waals surface area contributed by atoms with Gasteiger partial charge in [-0.05, 0) is 50.2 Å². The van der Waals surface area contributed by atoms with Crippen molar-refractivity contribution in [1.82, 2.24) is 4.67 Å². The van der Waals surface area contributed by atoms with E-state index in [-0.39, 0.29) is 10.7 Å². The van der Waals surface area contributed by atoms with Crippen molar-refractivity contribution in [2.45, 2.75) is 39.8 Å². The van der Waals surface area contributed by atoms with Gasteiger partial charge in [0.15, 0.2) is 5.50 Å². The number of aryl methyl sites for hydroxylation is 1. The van der Waals surface area contributed by atoms with E-state index in [0.717, 1.165) is 48.9 Å². The minimum atomic E-state index is -2.55. The molecule has 7 nitrogen and oxygen atoms in total. The summed E-state index contributed by atoms with van der Waals surface area (Å²) in [6.45, 7) is 14.2. The monoisotopic (exact) mass is 509 g/mol. The van der Waals surface area contributed by atoms with Crippen LogP contribution in [0.25, 0.3) is 0 Å². The van der Waals surface area contributed by atoms with E-state index in [9.17, 15) is 9.90 Å². The lowest BCUT2D eigenvalue weighted by Crippen LogP contribution is -2.48. The summed E-state index contributed by atoms with van der Waals surface area (Å²) < 4.78 is 20.0. The van der Waals surface area contributed by atoms with Gasteiger partial charge < -0.3 is 19.2 Å². The number of nitrogens with zero attached hydrogens (tertiary/aromatic N) is 3. The van der Waals surface area contributed by atoms with E-state index in [1.165, 1.54) is 0 Å². The van der Waals surface area contributed by atoms with Gasteiger partial charge in [-0.25, -0.2) is 9.54 Å². The maximum absolute atomic E-state index is 12.1. The van der Waals surface area contributed by atoms with Crippen LogP contribution in [0.3, 0.4) is 0 Å². The van der Waals surface area contributed by atoms with Crippen LogP contribution >= 0.6 is 7.21 Å². The summed E-state index contributed by atoms with van der Waals surface area (Å²) in [5.74, 6) is 0.742. The lowest BCUT2D eigenvalue weighted by Gasteiger charge is -2.47. The van der Waals surface area contributed by atoms with Crippen LogP contribution in [0.2, 0.25) is 0 Å². The van der Waals surface area contributed by atoms with Crippen LogP contribution in [0.5, 0.6) is 5.75 Å². The molecule has 0 aliphatic carbocycles. The van der Waals surface area contributed by atoms with E-state index >= 15 is 0 Å². The van der Waals surface area contributed by atoms with E-state index in [4.69, 9.17) is 13.9 Å². The first-order valence-electron chi connectivity index (χ1n) is 12.4. The maximum atomic E-state index is 12.1. The van der Waals surface area contributed by atoms with Crippen molar-refractivity contribution in [2.24, 2.45) is 4.74 Å². The summed E-state index contributed by atoms with van der Waals surface area (Å²) in [6, 6.07) is 19.2. The summed E-state index contributed by atoms with van der Waals surface area (Å²) in [7, 11) is -2.55. The van der Waals surface area contributed by atoms with Gasteiger partial charge >= 0.3 is 5.97 Å². The Morgan fingerprint density at radius 2 is 1.69 bits per heavy atom. The van der Waals surface area contributed by atoms with Crippen molar-refractivity contribution < 1.29 is 19.1 Å². The van der Waals surface area contributed by atoms with Gasteiger partial charge in [0.2, 0.25) is 0 Å². The zero-order chi connectivity index (χ0) is 25.9. The Bertz CT molecular complexity index is 1270. The van der Waals surface area contributed by atoms with Crippen LogP contribution in [-0.4, -0.2) is 53.7 Å². The summed E-state index contributed by atoms with van der Waals surface area (Å²) in [6.07, 6.45) is 0. The second-order valence-corrected chi connectivity index (χ2v) is 13.7. The quantitative estimate of drug-likeness (QED) is 0.373. The van der Waals surface area contributed by atoms with Crippen molar-refractivity contribution in [3.63, 3.8) is 0 Å². The summed E-state index contributed by atoms with van der Waals surface area (Å²) in [5, 5.41) is 9.58. The SMILES string of the molecule is CCOc1ccccc1N1CCN([P@](=Nc2ccccc2C(=O)O)(c2ccc(C)o2)C(C)(C)C)CC1. The first-order chi connectivity index (χ1) is 17.2. The van der Waals surface area contributed by atoms with E-state index in [1.54, 1.807) is 18.2 Å². The van der Waals surface area contributed by atoms with E-state index in [2.05, 4.69) is 36.4 Å². The molecule has 4 rings (SSSR count). The highest BCUT2D eigenvalue weighted by Gasteiger charge is 2.45. The van der Waals surface area contributed by atoms with Crippen LogP contribution < -0.4 is 15.1 Å². The Hall–Kier alpha value is -3.02. The predicted octanol–water partition coefficient (Wildman–Crippen LogP) is 6.38. The average molecular weight is 510 g/mol. The third-order valence-corrected chi connectivity index (χ3v) is 11.0. The summed E-state index contributed by atoms with van der Waals surface area (Å²) in [5.41, 5.74) is 2.63. The minimum absolute atomic E-state index is 0.207. The number of piperazine rings is 1. The topological polar surface area (TPSA) is 78.5 Å². The third kappa shape index (κ3) is 4.95. The number of benzene rings is 2. The fraction of sp³-hybridized carbons (Fsp3) is 0.393. The van der Waals surface area contributed by atoms with Gasteiger partial charge in [0.25, 0.3) is 0 Å². The first-order valence-corrected chi connectivity index (χ1v) is 14.1. The number of aromatic carboxylic acids is 1. The number of furan rings is 1. The van der Waals surface area contributed by atoms with E-state index < -0.39 is 13.2 Å². The van der Waals surface area contributed by atoms with Gasteiger partial charge in [0, 0.05) is 31.3 Å². The van der Waals surface area contributed by atoms with Crippen LogP contribution in [0.15, 0.2) is 69.8 Å². The Morgan fingerprint density at radius 1 is 1.03 bits per heavy atom. The standard InChI is InChI=1S/C28H36N3O4P/c1-6-34-25-14-10-9-13-24(25)30-17-19-31(20-18-30)36(28(3,4)5,26-16-15-21(2)35-26)29-23-12-8-7-11-22(23)27(32)33/h7-16H,6,17-20H2,1-5H3,(H,32,33)/t36-/m1/s1. The van der Waals surface area contributed by atoms with Crippen LogP contribution in [-0.2, 0) is 0 Å². The fourth-order valence-corrected chi connectivity index (χ4v) is 8.98. The van der Waals surface area contributed by atoms with Gasteiger partial charge in [-0.3, -0.25) is 4.67 Å². The number of hydrogen-bond donors (Lipinski definition) is 1. The summed E-state index contributed by atoms with van der Waals surface area (Å²) in [4.78, 5) is 14.4. The van der Waals surface area contributed by atoms with Crippen molar-refractivity contribution >= 4 is 30.1 Å². The number of hydrogen-bond acceptors (Lipinski definition) is 5. The number of rotatable bonds is 7. The molecular formula is C28H36N3O4P. The molecule has 2 aromatic carbocycles. The fourth-order valence-electron chi connectivity index (χ4n) is 4.87. The van der Waals surface area contributed by atoms with Gasteiger partial charge in [0.1, 0.15) is 18.7 Å². The number of carboxylic acid groups (broad SMARTS) is 1. The first kappa shape index (κ1) is 26.1. The van der Waals surface area contributed by atoms with Gasteiger partial charge in [-0.1, -0.05) is 45.0 Å². The number of carboxylic acids is 1. The lowest BCUT2D eigenvalue weighted by atomic mass is 10.2. The highest BCUT2D eigenvalue weighted by Crippen LogP contribution is 2.64. The zero-order valence-corrected chi connectivity index (χ0v) is 22.7. The molecule has 1 aliphatic heterocycles. The molecule has 0 amide bonds. The third-order valence-electron chi connectivity index (χ3n) is 6.53. The molecule has 1 fully saturated rings. The number of ether oxygens (including phenoxy) is 1. The molecule has 192 valence electrons. The van der Waals surface area contributed by atoms with Gasteiger partial charge in [-0.2, -0.15) is 0 Å². The minimum Gasteiger partial charge on any atom is -0.492 e. The Balaban J connectivity index is 1.81. The van der Waals surface area contributed by atoms with Crippen molar-refractivity contribution in [2.75, 3.05) is 37.7 Å². The Morgan fingerprint density at radius 3 is 2.31 bits per heavy atom. The van der Waals surface area contributed by atoms with Crippen molar-refractivity contribution in [1.29, 1.82) is 0 Å². The second kappa shape index (κ2) is 10.5. The molecule has 0 spiro atoms. The molecular weight excluding hydrogens is 473 g/mol. The maximum Gasteiger partial charge on any atom is 0.337 e. The molecule has 3 aromatic rings. The molecule has 0 radical (unpaired) electrons. The van der Waals surface area contributed by atoms with Crippen LogP contribution in [0, 0.1) is 6.92 Å². The lowest BCUT2D eigenvalue weighted by molar-refractivity contribution is 0.0698. The van der Waals surface area contributed by atoms with E-state index in [1.807, 2.05) is 50.2 Å². The van der Waals surface area contributed by atoms with E-state index in [0.29, 0.717) is 12.3 Å². The van der Waals surface area contributed by atoms with Gasteiger partial charge in [0.05, 0.1) is 23.5 Å². The molecule has 36 heavy (non-hydrogen) atoms. The second-order valence-electron chi connectivity index (χ2n) is 9.92. The smallest absolute Gasteiger partial charge is 0.337 e. The molecule has 2 heterocycles. The molecule has 1 aliphatic rings. The normalized spacial score (nSPS) is 16.4. The largest absolute Gasteiger partial charge is 0.492 e. The number of para-hydroxylation sites is 2. The molecule has 1 saturated heterocycles. The zero-order valence-electron chi connectivity index (χ0n) is 21.8. The predicted molar refractivity (Wildman–Crippen MR) is 147 cm³/mol. The molecule has 0 saturated carbocycles. The molecule has 0 unspecified atom stereocenters. The van der Waals surface area contributed by atoms with Crippen molar-refractivity contribution in [3.05, 3.63) is 72.0 Å². The Labute approximate surface area is 213 Å². The van der Waals surface area contributed by atoms with Crippen LogP contribution in [0.4, 0.5) is 11.4 Å². The Kier molecular flexibility index (Phi) is 7.62. The highest BCUT2D eigenvalue weighted by molar-refractivity contribution is 7.72. The molecule has 1 N–H and O–H groups in total. The molecule has 8 heteroatoms. The number of anilines is 1.